The van der Waals surface area contributed by atoms with E-state index in [1.807, 2.05) is 26.0 Å². The molecule has 0 aliphatic rings. The number of aryl methyl sites for hydroxylation is 2. The summed E-state index contributed by atoms with van der Waals surface area (Å²) >= 11 is 0. The highest BCUT2D eigenvalue weighted by atomic mass is 16.5. The fourth-order valence-electron chi connectivity index (χ4n) is 1.55. The number of phenolic OH excluding ortho intramolecular Hbond substituents is 1. The Balaban J connectivity index is 2.66. The summed E-state index contributed by atoms with van der Waals surface area (Å²) in [5.74, 6) is 0.978. The van der Waals surface area contributed by atoms with Gasteiger partial charge in [0.25, 0.3) is 0 Å². The Morgan fingerprint density at radius 2 is 1.93 bits per heavy atom. The van der Waals surface area contributed by atoms with Crippen molar-refractivity contribution in [1.82, 2.24) is 5.16 Å². The van der Waals surface area contributed by atoms with E-state index in [1.165, 1.54) is 0 Å². The third-order valence-corrected chi connectivity index (χ3v) is 2.21. The zero-order valence-electron chi connectivity index (χ0n) is 8.11. The summed E-state index contributed by atoms with van der Waals surface area (Å²) < 4.78 is 5.04. The summed E-state index contributed by atoms with van der Waals surface area (Å²) in [4.78, 5) is 0. The molecule has 1 aromatic heterocycles. The van der Waals surface area contributed by atoms with E-state index >= 15 is 0 Å². The number of phenols is 1. The van der Waals surface area contributed by atoms with Crippen LogP contribution < -0.4 is 0 Å². The number of hydrogen-bond acceptors (Lipinski definition) is 3. The van der Waals surface area contributed by atoms with Gasteiger partial charge >= 0.3 is 0 Å². The summed E-state index contributed by atoms with van der Waals surface area (Å²) in [6.07, 6.45) is 0. The zero-order valence-corrected chi connectivity index (χ0v) is 8.11. The normalized spacial score (nSPS) is 10.4. The minimum absolute atomic E-state index is 0.252. The second-order valence-corrected chi connectivity index (χ2v) is 3.22. The van der Waals surface area contributed by atoms with E-state index in [0.29, 0.717) is 0 Å². The maximum absolute atomic E-state index is 9.66. The number of nitrogens with zero attached hydrogens (tertiary/aromatic N) is 1. The molecule has 0 radical (unpaired) electrons. The zero-order chi connectivity index (χ0) is 10.1. The first kappa shape index (κ1) is 8.81. The molecule has 0 saturated carbocycles. The van der Waals surface area contributed by atoms with Crippen molar-refractivity contribution in [3.8, 4) is 16.9 Å². The van der Waals surface area contributed by atoms with Gasteiger partial charge in [0.05, 0.1) is 11.3 Å². The highest BCUT2D eigenvalue weighted by Crippen LogP contribution is 2.33. The van der Waals surface area contributed by atoms with Crippen LogP contribution >= 0.6 is 0 Å². The molecule has 3 nitrogen and oxygen atoms in total. The molecule has 3 heteroatoms. The van der Waals surface area contributed by atoms with Crippen LogP contribution in [0.15, 0.2) is 28.8 Å². The van der Waals surface area contributed by atoms with Gasteiger partial charge in [0.1, 0.15) is 11.5 Å². The van der Waals surface area contributed by atoms with E-state index in [4.69, 9.17) is 4.52 Å². The molecule has 0 unspecified atom stereocenters. The lowest BCUT2D eigenvalue weighted by atomic mass is 10.0. The summed E-state index contributed by atoms with van der Waals surface area (Å²) in [5, 5.41) is 13.5. The number of aromatic hydroxyl groups is 1. The van der Waals surface area contributed by atoms with Gasteiger partial charge in [-0.1, -0.05) is 23.4 Å². The number of benzene rings is 1. The van der Waals surface area contributed by atoms with Crippen molar-refractivity contribution < 1.29 is 9.63 Å². The molecular formula is C11H11NO2. The van der Waals surface area contributed by atoms with E-state index in [-0.39, 0.29) is 5.75 Å². The first-order chi connectivity index (χ1) is 6.70. The molecule has 2 rings (SSSR count). The summed E-state index contributed by atoms with van der Waals surface area (Å²) in [7, 11) is 0. The van der Waals surface area contributed by atoms with Crippen molar-refractivity contribution in [2.45, 2.75) is 13.8 Å². The molecule has 14 heavy (non-hydrogen) atoms. The van der Waals surface area contributed by atoms with Crippen molar-refractivity contribution in [3.63, 3.8) is 0 Å². The van der Waals surface area contributed by atoms with Gasteiger partial charge in [-0.25, -0.2) is 0 Å². The molecule has 1 N–H and O–H groups in total. The van der Waals surface area contributed by atoms with E-state index in [1.54, 1.807) is 12.1 Å². The average Bonchev–Trinajstić information content (AvgIpc) is 2.48. The Morgan fingerprint density at radius 3 is 2.50 bits per heavy atom. The molecule has 0 spiro atoms. The van der Waals surface area contributed by atoms with Gasteiger partial charge in [0.2, 0.25) is 0 Å². The molecule has 0 amide bonds. The van der Waals surface area contributed by atoms with Crippen molar-refractivity contribution in [2.24, 2.45) is 0 Å². The van der Waals surface area contributed by atoms with Gasteiger partial charge < -0.3 is 9.63 Å². The molecule has 0 atom stereocenters. The standard InChI is InChI=1S/C11H11NO2/c1-7-11(8(2)14-12-7)9-5-3-4-6-10(9)13/h3-6,13H,1-2H3. The van der Waals surface area contributed by atoms with E-state index in [2.05, 4.69) is 5.16 Å². The average molecular weight is 189 g/mol. The Bertz CT molecular complexity index is 441. The smallest absolute Gasteiger partial charge is 0.141 e. The molecule has 2 aromatic rings. The van der Waals surface area contributed by atoms with Gasteiger partial charge in [-0.05, 0) is 19.9 Å². The van der Waals surface area contributed by atoms with Gasteiger partial charge in [0, 0.05) is 5.56 Å². The van der Waals surface area contributed by atoms with Crippen LogP contribution in [0.1, 0.15) is 11.5 Å². The molecule has 0 aliphatic heterocycles. The van der Waals surface area contributed by atoms with Crippen LogP contribution in [0.5, 0.6) is 5.75 Å². The van der Waals surface area contributed by atoms with E-state index in [0.717, 1.165) is 22.6 Å². The minimum Gasteiger partial charge on any atom is -0.507 e. The Hall–Kier alpha value is -1.77. The van der Waals surface area contributed by atoms with Crippen molar-refractivity contribution in [2.75, 3.05) is 0 Å². The lowest BCUT2D eigenvalue weighted by Crippen LogP contribution is -1.82. The molecule has 0 fully saturated rings. The highest BCUT2D eigenvalue weighted by Gasteiger charge is 2.13. The second-order valence-electron chi connectivity index (χ2n) is 3.22. The number of aromatic nitrogens is 1. The van der Waals surface area contributed by atoms with Gasteiger partial charge in [0.15, 0.2) is 0 Å². The number of rotatable bonds is 1. The molecular weight excluding hydrogens is 178 g/mol. The highest BCUT2D eigenvalue weighted by molar-refractivity contribution is 5.73. The van der Waals surface area contributed by atoms with Gasteiger partial charge in [-0.3, -0.25) is 0 Å². The molecule has 72 valence electrons. The monoisotopic (exact) mass is 189 g/mol. The quantitative estimate of drug-likeness (QED) is 0.750. The van der Waals surface area contributed by atoms with Crippen LogP contribution in [-0.4, -0.2) is 10.3 Å². The van der Waals surface area contributed by atoms with Crippen LogP contribution in [0.4, 0.5) is 0 Å². The molecule has 0 aliphatic carbocycles. The molecule has 1 heterocycles. The summed E-state index contributed by atoms with van der Waals surface area (Å²) in [6.45, 7) is 3.69. The third kappa shape index (κ3) is 1.27. The van der Waals surface area contributed by atoms with Gasteiger partial charge in [-0.2, -0.15) is 0 Å². The van der Waals surface area contributed by atoms with Crippen molar-refractivity contribution in [3.05, 3.63) is 35.7 Å². The second kappa shape index (κ2) is 3.18. The van der Waals surface area contributed by atoms with E-state index in [9.17, 15) is 5.11 Å². The van der Waals surface area contributed by atoms with Crippen LogP contribution in [0, 0.1) is 13.8 Å². The maximum Gasteiger partial charge on any atom is 0.141 e. The first-order valence-corrected chi connectivity index (χ1v) is 4.41. The Labute approximate surface area is 82.0 Å². The van der Waals surface area contributed by atoms with Crippen LogP contribution in [-0.2, 0) is 0 Å². The Kier molecular flexibility index (Phi) is 2.00. The fourth-order valence-corrected chi connectivity index (χ4v) is 1.55. The molecule has 0 bridgehead atoms. The predicted molar refractivity (Wildman–Crippen MR) is 53.1 cm³/mol. The Morgan fingerprint density at radius 1 is 1.21 bits per heavy atom. The molecule has 1 aromatic carbocycles. The van der Waals surface area contributed by atoms with Crippen LogP contribution in [0.3, 0.4) is 0 Å². The fraction of sp³-hybridized carbons (Fsp3) is 0.182. The lowest BCUT2D eigenvalue weighted by Gasteiger charge is -2.02. The van der Waals surface area contributed by atoms with Crippen molar-refractivity contribution >= 4 is 0 Å². The topological polar surface area (TPSA) is 46.3 Å². The van der Waals surface area contributed by atoms with Gasteiger partial charge in [-0.15, -0.1) is 0 Å². The van der Waals surface area contributed by atoms with Crippen LogP contribution in [0.25, 0.3) is 11.1 Å². The largest absolute Gasteiger partial charge is 0.507 e. The SMILES string of the molecule is Cc1noc(C)c1-c1ccccc1O. The third-order valence-electron chi connectivity index (χ3n) is 2.21. The molecule has 0 saturated heterocycles. The van der Waals surface area contributed by atoms with E-state index < -0.39 is 0 Å². The lowest BCUT2D eigenvalue weighted by molar-refractivity contribution is 0.393. The van der Waals surface area contributed by atoms with Crippen LogP contribution in [0.2, 0.25) is 0 Å². The first-order valence-electron chi connectivity index (χ1n) is 4.41. The number of hydrogen-bond donors (Lipinski definition) is 1. The van der Waals surface area contributed by atoms with Crippen molar-refractivity contribution in [1.29, 1.82) is 0 Å². The number of para-hydroxylation sites is 1. The summed E-state index contributed by atoms with van der Waals surface area (Å²) in [5.41, 5.74) is 2.44. The minimum atomic E-state index is 0.252. The summed E-state index contributed by atoms with van der Waals surface area (Å²) in [6, 6.07) is 7.17. The predicted octanol–water partition coefficient (Wildman–Crippen LogP) is 2.66. The maximum atomic E-state index is 9.66.